The van der Waals surface area contributed by atoms with Gasteiger partial charge in [0.2, 0.25) is 0 Å². The first-order valence-electron chi connectivity index (χ1n) is 5.83. The Hall–Kier alpha value is -1.82. The van der Waals surface area contributed by atoms with E-state index in [1.54, 1.807) is 6.92 Å². The topological polar surface area (TPSA) is 76.2 Å². The van der Waals surface area contributed by atoms with Gasteiger partial charge in [-0.25, -0.2) is 4.63 Å². The number of aliphatic carboxylic acids is 1. The fraction of sp³-hybridized carbons (Fsp3) is 0.308. The third-order valence-electron chi connectivity index (χ3n) is 2.71. The van der Waals surface area contributed by atoms with Gasteiger partial charge in [0.05, 0.1) is 0 Å². The number of rotatable bonds is 6. The maximum atomic E-state index is 11.3. The maximum absolute atomic E-state index is 11.3. The van der Waals surface area contributed by atoms with Crippen LogP contribution in [-0.4, -0.2) is 26.6 Å². The molecule has 0 saturated heterocycles. The fourth-order valence-electron chi connectivity index (χ4n) is 1.61. The summed E-state index contributed by atoms with van der Waals surface area (Å²) >= 11 is 1.33. The molecule has 1 aromatic heterocycles. The molecule has 2 rings (SSSR count). The number of thioether (sulfide) groups is 1. The monoisotopic (exact) mass is 278 g/mol. The van der Waals surface area contributed by atoms with Gasteiger partial charge in [-0.3, -0.25) is 4.79 Å². The van der Waals surface area contributed by atoms with E-state index in [4.69, 9.17) is 0 Å². The summed E-state index contributed by atoms with van der Waals surface area (Å²) < 4.78 is 4.60. The van der Waals surface area contributed by atoms with Crippen LogP contribution in [0.15, 0.2) is 35.0 Å². The van der Waals surface area contributed by atoms with Gasteiger partial charge < -0.3 is 5.11 Å². The molecule has 0 aliphatic carbocycles. The van der Waals surface area contributed by atoms with Crippen LogP contribution >= 0.6 is 11.8 Å². The molecule has 1 N–H and O–H groups in total. The molecule has 19 heavy (non-hydrogen) atoms. The summed E-state index contributed by atoms with van der Waals surface area (Å²) in [5.41, 5.74) is 2.41. The second-order valence-corrected chi connectivity index (χ2v) is 5.31. The molecule has 5 nitrogen and oxygen atoms in total. The average Bonchev–Trinajstić information content (AvgIpc) is 2.81. The van der Waals surface area contributed by atoms with Gasteiger partial charge in [0.1, 0.15) is 16.6 Å². The van der Waals surface area contributed by atoms with Gasteiger partial charge in [0, 0.05) is 5.75 Å². The summed E-state index contributed by atoms with van der Waals surface area (Å²) in [6.07, 6.45) is 0.491. The van der Waals surface area contributed by atoms with Crippen LogP contribution in [0.5, 0.6) is 0 Å². The smallest absolute Gasteiger partial charge is 0.316 e. The van der Waals surface area contributed by atoms with Crippen molar-refractivity contribution >= 4 is 17.7 Å². The number of carboxylic acid groups (broad SMARTS) is 1. The van der Waals surface area contributed by atoms with Crippen LogP contribution in [0.25, 0.3) is 0 Å². The Morgan fingerprint density at radius 1 is 1.37 bits per heavy atom. The van der Waals surface area contributed by atoms with Crippen LogP contribution in [0.3, 0.4) is 0 Å². The largest absolute Gasteiger partial charge is 0.480 e. The minimum atomic E-state index is -0.817. The molecule has 0 amide bonds. The molecule has 0 fully saturated rings. The first-order chi connectivity index (χ1) is 9.16. The number of benzene rings is 1. The Kier molecular flexibility index (Phi) is 4.57. The van der Waals surface area contributed by atoms with Gasteiger partial charge >= 0.3 is 5.97 Å². The molecule has 1 aromatic carbocycles. The lowest BCUT2D eigenvalue weighted by Crippen LogP contribution is -2.19. The molecular weight excluding hydrogens is 264 g/mol. The minimum absolute atomic E-state index is 0.485. The Balaban J connectivity index is 1.97. The van der Waals surface area contributed by atoms with Gasteiger partial charge in [-0.1, -0.05) is 40.6 Å². The van der Waals surface area contributed by atoms with Crippen molar-refractivity contribution in [3.05, 3.63) is 47.3 Å². The van der Waals surface area contributed by atoms with Crippen LogP contribution < -0.4 is 0 Å². The number of hydrogen-bond acceptors (Lipinski definition) is 5. The van der Waals surface area contributed by atoms with Gasteiger partial charge in [-0.15, -0.1) is 11.8 Å². The van der Waals surface area contributed by atoms with E-state index in [1.807, 2.05) is 30.3 Å². The second-order valence-electron chi connectivity index (χ2n) is 4.12. The van der Waals surface area contributed by atoms with E-state index in [1.165, 1.54) is 11.8 Å². The lowest BCUT2D eigenvalue weighted by Gasteiger charge is -2.11. The first kappa shape index (κ1) is 13.6. The van der Waals surface area contributed by atoms with Crippen molar-refractivity contribution in [3.63, 3.8) is 0 Å². The van der Waals surface area contributed by atoms with E-state index in [-0.39, 0.29) is 0 Å². The molecule has 6 heteroatoms. The van der Waals surface area contributed by atoms with Crippen molar-refractivity contribution in [2.75, 3.05) is 0 Å². The normalized spacial score (nSPS) is 12.3. The van der Waals surface area contributed by atoms with Crippen LogP contribution in [0, 0.1) is 6.92 Å². The van der Waals surface area contributed by atoms with E-state index < -0.39 is 11.2 Å². The standard InChI is InChI=1S/C13H14N2O3S/c1-9-11(15-18-14-9)8-19-12(13(16)17)7-10-5-3-2-4-6-10/h2-6,12H,7-8H2,1H3,(H,16,17). The second kappa shape index (κ2) is 6.38. The maximum Gasteiger partial charge on any atom is 0.316 e. The first-order valence-corrected chi connectivity index (χ1v) is 6.88. The molecule has 0 bridgehead atoms. The van der Waals surface area contributed by atoms with Crippen molar-refractivity contribution in [2.24, 2.45) is 0 Å². The molecule has 0 radical (unpaired) electrons. The fourth-order valence-corrected chi connectivity index (χ4v) is 2.68. The number of aryl methyl sites for hydroxylation is 1. The molecule has 2 aromatic rings. The summed E-state index contributed by atoms with van der Waals surface area (Å²) in [5, 5.41) is 16.2. The molecule has 0 aliphatic rings. The number of carboxylic acids is 1. The molecule has 0 saturated carbocycles. The van der Waals surface area contributed by atoms with Crippen molar-refractivity contribution in [1.82, 2.24) is 10.3 Å². The predicted molar refractivity (Wildman–Crippen MR) is 71.9 cm³/mol. The average molecular weight is 278 g/mol. The summed E-state index contributed by atoms with van der Waals surface area (Å²) in [6.45, 7) is 1.79. The van der Waals surface area contributed by atoms with E-state index in [0.717, 1.165) is 5.56 Å². The summed E-state index contributed by atoms with van der Waals surface area (Å²) in [6, 6.07) is 9.59. The van der Waals surface area contributed by atoms with Crippen molar-refractivity contribution in [1.29, 1.82) is 0 Å². The molecule has 1 unspecified atom stereocenters. The molecule has 0 spiro atoms. The number of carbonyl (C=O) groups is 1. The Labute approximate surface area is 115 Å². The number of nitrogens with zero attached hydrogens (tertiary/aromatic N) is 2. The van der Waals surface area contributed by atoms with Crippen LogP contribution in [0.2, 0.25) is 0 Å². The molecule has 1 heterocycles. The highest BCUT2D eigenvalue weighted by Gasteiger charge is 2.20. The van der Waals surface area contributed by atoms with Crippen LogP contribution in [0.4, 0.5) is 0 Å². The Bertz CT molecular complexity index is 542. The van der Waals surface area contributed by atoms with Crippen LogP contribution in [-0.2, 0) is 17.0 Å². The highest BCUT2D eigenvalue weighted by atomic mass is 32.2. The third-order valence-corrected chi connectivity index (χ3v) is 3.92. The quantitative estimate of drug-likeness (QED) is 0.873. The van der Waals surface area contributed by atoms with Crippen molar-refractivity contribution in [3.8, 4) is 0 Å². The van der Waals surface area contributed by atoms with Gasteiger partial charge in [-0.05, 0) is 18.9 Å². The van der Waals surface area contributed by atoms with E-state index in [2.05, 4.69) is 14.9 Å². The summed E-state index contributed by atoms with van der Waals surface area (Å²) in [7, 11) is 0. The number of hydrogen-bond donors (Lipinski definition) is 1. The highest BCUT2D eigenvalue weighted by Crippen LogP contribution is 2.21. The van der Waals surface area contributed by atoms with E-state index >= 15 is 0 Å². The summed E-state index contributed by atoms with van der Waals surface area (Å²) in [4.78, 5) is 11.3. The zero-order valence-corrected chi connectivity index (χ0v) is 11.3. The Morgan fingerprint density at radius 2 is 2.11 bits per heavy atom. The molecular formula is C13H14N2O3S. The van der Waals surface area contributed by atoms with E-state index in [9.17, 15) is 9.90 Å². The third kappa shape index (κ3) is 3.82. The van der Waals surface area contributed by atoms with Crippen LogP contribution in [0.1, 0.15) is 17.0 Å². The zero-order chi connectivity index (χ0) is 13.7. The SMILES string of the molecule is Cc1nonc1CSC(Cc1ccccc1)C(=O)O. The minimum Gasteiger partial charge on any atom is -0.480 e. The van der Waals surface area contributed by atoms with E-state index in [0.29, 0.717) is 23.6 Å². The zero-order valence-electron chi connectivity index (χ0n) is 10.4. The van der Waals surface area contributed by atoms with Gasteiger partial charge in [0.15, 0.2) is 0 Å². The highest BCUT2D eigenvalue weighted by molar-refractivity contribution is 7.99. The van der Waals surface area contributed by atoms with Gasteiger partial charge in [0.25, 0.3) is 0 Å². The molecule has 1 atom stereocenters. The Morgan fingerprint density at radius 3 is 2.68 bits per heavy atom. The molecule has 0 aliphatic heterocycles. The lowest BCUT2D eigenvalue weighted by molar-refractivity contribution is -0.136. The summed E-state index contributed by atoms with van der Waals surface area (Å²) in [5.74, 6) is -0.331. The van der Waals surface area contributed by atoms with Crippen molar-refractivity contribution < 1.29 is 14.5 Å². The van der Waals surface area contributed by atoms with Gasteiger partial charge in [-0.2, -0.15) is 0 Å². The number of aromatic nitrogens is 2. The van der Waals surface area contributed by atoms with Crippen molar-refractivity contribution in [2.45, 2.75) is 24.3 Å². The predicted octanol–water partition coefficient (Wildman–Crippen LogP) is 2.31. The lowest BCUT2D eigenvalue weighted by atomic mass is 10.1. The molecule has 100 valence electrons.